The van der Waals surface area contributed by atoms with Gasteiger partial charge >= 0.3 is 0 Å². The summed E-state index contributed by atoms with van der Waals surface area (Å²) in [7, 11) is -3.58. The second-order valence-electron chi connectivity index (χ2n) is 6.83. The Labute approximate surface area is 181 Å². The van der Waals surface area contributed by atoms with Gasteiger partial charge in [0.2, 0.25) is 10.0 Å². The SMILES string of the molecule is CCOc1ccccc1N(Cc1ccc(C(=O)Nc2ccc(F)cc2)cc1)S(C)(=O)=O. The second-order valence-corrected chi connectivity index (χ2v) is 8.74. The Morgan fingerprint density at radius 1 is 1.00 bits per heavy atom. The molecule has 0 unspecified atom stereocenters. The second kappa shape index (κ2) is 9.61. The van der Waals surface area contributed by atoms with Crippen molar-refractivity contribution in [2.45, 2.75) is 13.5 Å². The predicted octanol–water partition coefficient (Wildman–Crippen LogP) is 4.44. The lowest BCUT2D eigenvalue weighted by molar-refractivity contribution is 0.102. The van der Waals surface area contributed by atoms with Crippen LogP contribution in [-0.2, 0) is 16.6 Å². The van der Waals surface area contributed by atoms with Gasteiger partial charge in [-0.25, -0.2) is 12.8 Å². The van der Waals surface area contributed by atoms with Crippen LogP contribution in [0.15, 0.2) is 72.8 Å². The lowest BCUT2D eigenvalue weighted by atomic mass is 10.1. The summed E-state index contributed by atoms with van der Waals surface area (Å²) in [5, 5.41) is 2.69. The van der Waals surface area contributed by atoms with Gasteiger partial charge in [0.05, 0.1) is 25.1 Å². The van der Waals surface area contributed by atoms with Gasteiger partial charge in [-0.3, -0.25) is 9.10 Å². The number of nitrogens with one attached hydrogen (secondary N) is 1. The van der Waals surface area contributed by atoms with Gasteiger partial charge in [-0.2, -0.15) is 0 Å². The number of para-hydroxylation sites is 2. The number of benzene rings is 3. The third-order valence-electron chi connectivity index (χ3n) is 4.48. The number of hydrogen-bond donors (Lipinski definition) is 1. The highest BCUT2D eigenvalue weighted by Crippen LogP contribution is 2.31. The smallest absolute Gasteiger partial charge is 0.255 e. The number of anilines is 2. The molecule has 0 saturated carbocycles. The Balaban J connectivity index is 1.79. The largest absolute Gasteiger partial charge is 0.492 e. The highest BCUT2D eigenvalue weighted by molar-refractivity contribution is 7.92. The van der Waals surface area contributed by atoms with Crippen molar-refractivity contribution >= 4 is 27.3 Å². The minimum atomic E-state index is -3.58. The average molecular weight is 443 g/mol. The molecule has 8 heteroatoms. The molecule has 1 amide bonds. The maximum absolute atomic E-state index is 13.0. The van der Waals surface area contributed by atoms with E-state index in [2.05, 4.69) is 5.32 Å². The number of carbonyl (C=O) groups is 1. The normalized spacial score (nSPS) is 11.1. The lowest BCUT2D eigenvalue weighted by Crippen LogP contribution is -2.29. The molecule has 0 aliphatic rings. The summed E-state index contributed by atoms with van der Waals surface area (Å²) in [5.41, 5.74) is 2.03. The van der Waals surface area contributed by atoms with E-state index in [1.807, 2.05) is 6.92 Å². The minimum absolute atomic E-state index is 0.0861. The number of sulfonamides is 1. The first-order chi connectivity index (χ1) is 14.8. The fraction of sp³-hybridized carbons (Fsp3) is 0.174. The van der Waals surface area contributed by atoms with Crippen LogP contribution in [0.2, 0.25) is 0 Å². The van der Waals surface area contributed by atoms with Crippen molar-refractivity contribution in [1.82, 2.24) is 0 Å². The molecule has 0 aliphatic heterocycles. The molecule has 0 aliphatic carbocycles. The summed E-state index contributed by atoms with van der Waals surface area (Å²) in [6, 6.07) is 19.0. The molecule has 0 spiro atoms. The molecule has 0 radical (unpaired) electrons. The number of halogens is 1. The van der Waals surface area contributed by atoms with Crippen LogP contribution < -0.4 is 14.4 Å². The summed E-state index contributed by atoms with van der Waals surface area (Å²) in [4.78, 5) is 12.4. The van der Waals surface area contributed by atoms with E-state index < -0.39 is 10.0 Å². The van der Waals surface area contributed by atoms with Crippen LogP contribution in [0, 0.1) is 5.82 Å². The third-order valence-corrected chi connectivity index (χ3v) is 5.60. The van der Waals surface area contributed by atoms with Crippen LogP contribution in [-0.4, -0.2) is 27.2 Å². The molecule has 0 heterocycles. The standard InChI is InChI=1S/C23H23FN2O4S/c1-3-30-22-7-5-4-6-21(22)26(31(2,28)29)16-17-8-10-18(11-9-17)23(27)25-20-14-12-19(24)13-15-20/h4-15H,3,16H2,1-2H3,(H,25,27). The molecule has 0 saturated heterocycles. The van der Waals surface area contributed by atoms with Crippen molar-refractivity contribution in [3.63, 3.8) is 0 Å². The first kappa shape index (κ1) is 22.3. The Hall–Kier alpha value is -3.39. The Morgan fingerprint density at radius 3 is 2.26 bits per heavy atom. The van der Waals surface area contributed by atoms with Crippen LogP contribution in [0.1, 0.15) is 22.8 Å². The number of hydrogen-bond acceptors (Lipinski definition) is 4. The topological polar surface area (TPSA) is 75.7 Å². The highest BCUT2D eigenvalue weighted by Gasteiger charge is 2.21. The van der Waals surface area contributed by atoms with Gasteiger partial charge in [0.15, 0.2) is 0 Å². The summed E-state index contributed by atoms with van der Waals surface area (Å²) in [6.07, 6.45) is 1.14. The van der Waals surface area contributed by atoms with Gasteiger partial charge in [-0.1, -0.05) is 24.3 Å². The Morgan fingerprint density at radius 2 is 1.65 bits per heavy atom. The molecule has 6 nitrogen and oxygen atoms in total. The maximum Gasteiger partial charge on any atom is 0.255 e. The van der Waals surface area contributed by atoms with E-state index in [1.165, 1.54) is 28.6 Å². The van der Waals surface area contributed by atoms with Crippen LogP contribution in [0.4, 0.5) is 15.8 Å². The molecule has 31 heavy (non-hydrogen) atoms. The van der Waals surface area contributed by atoms with E-state index in [9.17, 15) is 17.6 Å². The number of rotatable bonds is 8. The number of ether oxygens (including phenoxy) is 1. The highest BCUT2D eigenvalue weighted by atomic mass is 32.2. The van der Waals surface area contributed by atoms with Crippen molar-refractivity contribution in [1.29, 1.82) is 0 Å². The van der Waals surface area contributed by atoms with E-state index in [0.29, 0.717) is 34.9 Å². The monoisotopic (exact) mass is 442 g/mol. The lowest BCUT2D eigenvalue weighted by Gasteiger charge is -2.24. The van der Waals surface area contributed by atoms with Gasteiger partial charge in [0, 0.05) is 11.3 Å². The van der Waals surface area contributed by atoms with Gasteiger partial charge in [0.25, 0.3) is 5.91 Å². The zero-order valence-corrected chi connectivity index (χ0v) is 18.0. The quantitative estimate of drug-likeness (QED) is 0.560. The molecule has 0 atom stereocenters. The number of amides is 1. The van der Waals surface area contributed by atoms with Crippen molar-refractivity contribution < 1.29 is 22.3 Å². The molecule has 1 N–H and O–H groups in total. The average Bonchev–Trinajstić information content (AvgIpc) is 2.74. The van der Waals surface area contributed by atoms with Crippen LogP contribution in [0.3, 0.4) is 0 Å². The first-order valence-corrected chi connectivity index (χ1v) is 11.5. The molecule has 3 aromatic carbocycles. The molecule has 0 aromatic heterocycles. The van der Waals surface area contributed by atoms with E-state index in [-0.39, 0.29) is 18.3 Å². The first-order valence-electron chi connectivity index (χ1n) is 9.63. The Kier molecular flexibility index (Phi) is 6.91. The van der Waals surface area contributed by atoms with Crippen molar-refractivity contribution in [2.24, 2.45) is 0 Å². The summed E-state index contributed by atoms with van der Waals surface area (Å²) in [5.74, 6) is -0.255. The van der Waals surface area contributed by atoms with E-state index in [0.717, 1.165) is 6.26 Å². The van der Waals surface area contributed by atoms with Crippen LogP contribution in [0.5, 0.6) is 5.75 Å². The zero-order valence-electron chi connectivity index (χ0n) is 17.2. The molecular formula is C23H23FN2O4S. The minimum Gasteiger partial charge on any atom is -0.492 e. The Bertz CT molecular complexity index is 1150. The van der Waals surface area contributed by atoms with Gasteiger partial charge in [0.1, 0.15) is 11.6 Å². The van der Waals surface area contributed by atoms with E-state index in [1.54, 1.807) is 48.5 Å². The summed E-state index contributed by atoms with van der Waals surface area (Å²) in [6.45, 7) is 2.33. The number of carbonyl (C=O) groups excluding carboxylic acids is 1. The van der Waals surface area contributed by atoms with Gasteiger partial charge in [-0.15, -0.1) is 0 Å². The predicted molar refractivity (Wildman–Crippen MR) is 119 cm³/mol. The fourth-order valence-corrected chi connectivity index (χ4v) is 3.88. The van der Waals surface area contributed by atoms with Crippen molar-refractivity contribution in [3.8, 4) is 5.75 Å². The number of nitrogens with zero attached hydrogens (tertiary/aromatic N) is 1. The summed E-state index contributed by atoms with van der Waals surface area (Å²) < 4.78 is 44.8. The summed E-state index contributed by atoms with van der Waals surface area (Å²) >= 11 is 0. The van der Waals surface area contributed by atoms with E-state index >= 15 is 0 Å². The van der Waals surface area contributed by atoms with Crippen LogP contribution in [0.25, 0.3) is 0 Å². The van der Waals surface area contributed by atoms with Crippen LogP contribution >= 0.6 is 0 Å². The molecule has 3 aromatic rings. The van der Waals surface area contributed by atoms with Gasteiger partial charge in [-0.05, 0) is 61.0 Å². The maximum atomic E-state index is 13.0. The fourth-order valence-electron chi connectivity index (χ4n) is 2.99. The third kappa shape index (κ3) is 5.82. The van der Waals surface area contributed by atoms with Gasteiger partial charge < -0.3 is 10.1 Å². The molecule has 0 bridgehead atoms. The van der Waals surface area contributed by atoms with Crippen molar-refractivity contribution in [2.75, 3.05) is 22.5 Å². The molecular weight excluding hydrogens is 419 g/mol. The zero-order chi connectivity index (χ0) is 22.4. The molecule has 0 fully saturated rings. The molecule has 3 rings (SSSR count). The van der Waals surface area contributed by atoms with Crippen molar-refractivity contribution in [3.05, 3.63) is 89.7 Å². The van der Waals surface area contributed by atoms with E-state index in [4.69, 9.17) is 4.74 Å². The molecule has 162 valence electrons.